The standard InChI is InChI=1S/C19H19BN4O2S/c1-2-3-4-7-24-13-5-6-22-18(21)17(13)23-19(24)27-16-11-15-14(10-12(16)20)25-8-9-26-15/h1,5-6,10-11H,3-4,7-9,20H2,(H2,21,22). The van der Waals surface area contributed by atoms with Gasteiger partial charge >= 0.3 is 0 Å². The first-order valence-electron chi connectivity index (χ1n) is 8.79. The molecule has 0 saturated heterocycles. The minimum Gasteiger partial charge on any atom is -0.486 e. The summed E-state index contributed by atoms with van der Waals surface area (Å²) in [5.74, 6) is 4.69. The van der Waals surface area contributed by atoms with E-state index >= 15 is 0 Å². The SMILES string of the molecule is Bc1cc2c(cc1Sc1nc3c(N)nccc3n1CCCC#C)OCCO2. The summed E-state index contributed by atoms with van der Waals surface area (Å²) in [6.45, 7) is 1.92. The lowest BCUT2D eigenvalue weighted by molar-refractivity contribution is 0.171. The molecular formula is C19H19BN4O2S. The van der Waals surface area contributed by atoms with E-state index in [1.807, 2.05) is 18.2 Å². The van der Waals surface area contributed by atoms with Crippen LogP contribution >= 0.6 is 11.8 Å². The molecule has 1 aliphatic heterocycles. The maximum absolute atomic E-state index is 6.04. The van der Waals surface area contributed by atoms with Crippen molar-refractivity contribution in [1.29, 1.82) is 0 Å². The van der Waals surface area contributed by atoms with Gasteiger partial charge in [-0.3, -0.25) is 0 Å². The number of benzene rings is 1. The Hall–Kier alpha value is -2.79. The number of fused-ring (bicyclic) bond motifs is 2. The summed E-state index contributed by atoms with van der Waals surface area (Å²) in [7, 11) is 2.06. The summed E-state index contributed by atoms with van der Waals surface area (Å²) >= 11 is 1.59. The first kappa shape index (κ1) is 17.6. The Labute approximate surface area is 162 Å². The molecule has 27 heavy (non-hydrogen) atoms. The van der Waals surface area contributed by atoms with E-state index in [9.17, 15) is 0 Å². The number of pyridine rings is 1. The quantitative estimate of drug-likeness (QED) is 0.413. The Morgan fingerprint density at radius 2 is 2.07 bits per heavy atom. The lowest BCUT2D eigenvalue weighted by Crippen LogP contribution is -2.18. The van der Waals surface area contributed by atoms with Gasteiger partial charge in [-0.05, 0) is 24.6 Å². The fourth-order valence-electron chi connectivity index (χ4n) is 3.06. The molecular weight excluding hydrogens is 359 g/mol. The van der Waals surface area contributed by atoms with E-state index in [4.69, 9.17) is 26.6 Å². The van der Waals surface area contributed by atoms with Gasteiger partial charge in [0.05, 0.1) is 5.52 Å². The minimum atomic E-state index is 0.434. The highest BCUT2D eigenvalue weighted by atomic mass is 32.2. The van der Waals surface area contributed by atoms with Crippen LogP contribution in [0.1, 0.15) is 12.8 Å². The Bertz CT molecular complexity index is 1040. The molecule has 3 aromatic rings. The van der Waals surface area contributed by atoms with Crippen LogP contribution in [0.25, 0.3) is 11.0 Å². The third-order valence-electron chi connectivity index (χ3n) is 4.40. The third kappa shape index (κ3) is 3.43. The van der Waals surface area contributed by atoms with Gasteiger partial charge in [0.25, 0.3) is 0 Å². The van der Waals surface area contributed by atoms with Crippen molar-refractivity contribution in [3.05, 3.63) is 24.4 Å². The average molecular weight is 378 g/mol. The molecule has 0 atom stereocenters. The number of nitrogen functional groups attached to an aromatic ring is 1. The van der Waals surface area contributed by atoms with Gasteiger partial charge in [0.15, 0.2) is 22.5 Å². The first-order valence-corrected chi connectivity index (χ1v) is 9.61. The van der Waals surface area contributed by atoms with E-state index in [0.717, 1.165) is 51.0 Å². The number of nitrogens with two attached hydrogens (primary N) is 1. The Kier molecular flexibility index (Phi) is 4.86. The maximum Gasteiger partial charge on any atom is 0.174 e. The summed E-state index contributed by atoms with van der Waals surface area (Å²) in [5, 5.41) is 0.862. The van der Waals surface area contributed by atoms with Crippen LogP contribution in [-0.4, -0.2) is 35.6 Å². The van der Waals surface area contributed by atoms with Gasteiger partial charge in [0, 0.05) is 24.1 Å². The van der Waals surface area contributed by atoms with Gasteiger partial charge < -0.3 is 19.8 Å². The third-order valence-corrected chi connectivity index (χ3v) is 5.56. The molecule has 0 amide bonds. The summed E-state index contributed by atoms with van der Waals surface area (Å²) in [6.07, 6.45) is 8.71. The number of aromatic nitrogens is 3. The molecule has 1 aliphatic rings. The van der Waals surface area contributed by atoms with Crippen LogP contribution in [0.2, 0.25) is 0 Å². The fourth-order valence-corrected chi connectivity index (χ4v) is 4.08. The highest BCUT2D eigenvalue weighted by molar-refractivity contribution is 7.99. The molecule has 136 valence electrons. The average Bonchev–Trinajstić information content (AvgIpc) is 3.01. The molecule has 4 rings (SSSR count). The highest BCUT2D eigenvalue weighted by Crippen LogP contribution is 2.36. The van der Waals surface area contributed by atoms with Gasteiger partial charge in [0.2, 0.25) is 0 Å². The Morgan fingerprint density at radius 1 is 1.30 bits per heavy atom. The monoisotopic (exact) mass is 378 g/mol. The summed E-state index contributed by atoms with van der Waals surface area (Å²) in [5.41, 5.74) is 8.84. The largest absolute Gasteiger partial charge is 0.486 e. The lowest BCUT2D eigenvalue weighted by Gasteiger charge is -2.20. The summed E-state index contributed by atoms with van der Waals surface area (Å²) < 4.78 is 13.5. The van der Waals surface area contributed by atoms with E-state index < -0.39 is 0 Å². The molecule has 8 heteroatoms. The predicted octanol–water partition coefficient (Wildman–Crippen LogP) is 1.61. The molecule has 3 heterocycles. The number of rotatable bonds is 5. The van der Waals surface area contributed by atoms with E-state index in [1.165, 1.54) is 0 Å². The van der Waals surface area contributed by atoms with Crippen LogP contribution in [0.3, 0.4) is 0 Å². The molecule has 1 aromatic carbocycles. The number of hydrogen-bond acceptors (Lipinski definition) is 6. The van der Waals surface area contributed by atoms with Gasteiger partial charge in [-0.15, -0.1) is 12.3 Å². The molecule has 2 N–H and O–H groups in total. The summed E-state index contributed by atoms with van der Waals surface area (Å²) in [6, 6.07) is 5.97. The van der Waals surface area contributed by atoms with Crippen molar-refractivity contribution < 1.29 is 9.47 Å². The van der Waals surface area contributed by atoms with Crippen LogP contribution < -0.4 is 20.7 Å². The van der Waals surface area contributed by atoms with Crippen molar-refractivity contribution in [2.45, 2.75) is 29.4 Å². The zero-order valence-corrected chi connectivity index (χ0v) is 15.9. The zero-order chi connectivity index (χ0) is 18.8. The molecule has 0 saturated carbocycles. The Balaban J connectivity index is 1.74. The number of unbranched alkanes of at least 4 members (excludes halogenated alkanes) is 1. The van der Waals surface area contributed by atoms with Crippen molar-refractivity contribution in [3.8, 4) is 23.8 Å². The molecule has 0 bridgehead atoms. The van der Waals surface area contributed by atoms with Crippen molar-refractivity contribution in [1.82, 2.24) is 14.5 Å². The highest BCUT2D eigenvalue weighted by Gasteiger charge is 2.18. The van der Waals surface area contributed by atoms with E-state index in [-0.39, 0.29) is 0 Å². The summed E-state index contributed by atoms with van der Waals surface area (Å²) in [4.78, 5) is 9.99. The van der Waals surface area contributed by atoms with E-state index in [0.29, 0.717) is 25.5 Å². The molecule has 0 radical (unpaired) electrons. The second-order valence-corrected chi connectivity index (χ2v) is 7.29. The maximum atomic E-state index is 6.04. The van der Waals surface area contributed by atoms with Gasteiger partial charge in [-0.2, -0.15) is 0 Å². The van der Waals surface area contributed by atoms with E-state index in [2.05, 4.69) is 23.3 Å². The molecule has 0 unspecified atom stereocenters. The van der Waals surface area contributed by atoms with Crippen LogP contribution in [0.4, 0.5) is 5.82 Å². The molecule has 2 aromatic heterocycles. The lowest BCUT2D eigenvalue weighted by atomic mass is 9.95. The predicted molar refractivity (Wildman–Crippen MR) is 110 cm³/mol. The number of terminal acetylenes is 1. The van der Waals surface area contributed by atoms with Gasteiger partial charge in [-0.25, -0.2) is 9.97 Å². The Morgan fingerprint density at radius 3 is 2.85 bits per heavy atom. The first-order chi connectivity index (χ1) is 13.2. The van der Waals surface area contributed by atoms with Crippen LogP contribution in [-0.2, 0) is 6.54 Å². The normalized spacial score (nSPS) is 12.9. The molecule has 0 aliphatic carbocycles. The second-order valence-electron chi connectivity index (χ2n) is 6.28. The zero-order valence-electron chi connectivity index (χ0n) is 15.1. The van der Waals surface area contributed by atoms with Crippen LogP contribution in [0, 0.1) is 12.3 Å². The fraction of sp³-hybridized carbons (Fsp3) is 0.263. The number of hydrogen-bond donors (Lipinski definition) is 1. The number of ether oxygens (including phenoxy) is 2. The number of nitrogens with zero attached hydrogens (tertiary/aromatic N) is 3. The van der Waals surface area contributed by atoms with E-state index in [1.54, 1.807) is 18.0 Å². The molecule has 0 spiro atoms. The number of aryl methyl sites for hydroxylation is 1. The second kappa shape index (κ2) is 7.45. The van der Waals surface area contributed by atoms with Crippen molar-refractivity contribution in [3.63, 3.8) is 0 Å². The van der Waals surface area contributed by atoms with Gasteiger partial charge in [0.1, 0.15) is 26.6 Å². The minimum absolute atomic E-state index is 0.434. The van der Waals surface area contributed by atoms with Crippen LogP contribution in [0.15, 0.2) is 34.4 Å². The molecule has 0 fully saturated rings. The van der Waals surface area contributed by atoms with Crippen molar-refractivity contribution in [2.24, 2.45) is 0 Å². The topological polar surface area (TPSA) is 75.2 Å². The smallest absolute Gasteiger partial charge is 0.174 e. The van der Waals surface area contributed by atoms with Gasteiger partial charge in [-0.1, -0.05) is 17.2 Å². The number of anilines is 1. The van der Waals surface area contributed by atoms with Crippen molar-refractivity contribution in [2.75, 3.05) is 18.9 Å². The van der Waals surface area contributed by atoms with Crippen molar-refractivity contribution >= 4 is 41.9 Å². The molecule has 6 nitrogen and oxygen atoms in total. The van der Waals surface area contributed by atoms with Crippen LogP contribution in [0.5, 0.6) is 11.5 Å². The number of imidazole rings is 1.